The number of pyridine rings is 1. The first-order chi connectivity index (χ1) is 13.2. The maximum absolute atomic E-state index is 4.77. The van der Waals surface area contributed by atoms with Crippen LogP contribution in [0.4, 0.5) is 0 Å². The van der Waals surface area contributed by atoms with Crippen molar-refractivity contribution in [3.05, 3.63) is 72.6 Å². The Kier molecular flexibility index (Phi) is 3.46. The van der Waals surface area contributed by atoms with Gasteiger partial charge in [-0.25, -0.2) is 4.98 Å². The standard InChI is InChI=1S/C20H17N7/c1-13(14-5-6-16-15(10-14)4-3-9-22-16)20-24-23-19-8-7-17(25-27(19)20)18-11-21-12-26(18)2/h3-13H,1-2H3. The highest BCUT2D eigenvalue weighted by molar-refractivity contribution is 5.79. The van der Waals surface area contributed by atoms with Gasteiger partial charge in [0.1, 0.15) is 5.69 Å². The van der Waals surface area contributed by atoms with Gasteiger partial charge in [0, 0.05) is 24.5 Å². The summed E-state index contributed by atoms with van der Waals surface area (Å²) >= 11 is 0. The molecule has 1 aromatic carbocycles. The fraction of sp³-hybridized carbons (Fsp3) is 0.150. The summed E-state index contributed by atoms with van der Waals surface area (Å²) < 4.78 is 3.76. The summed E-state index contributed by atoms with van der Waals surface area (Å²) in [6, 6.07) is 14.2. The van der Waals surface area contributed by atoms with Crippen molar-refractivity contribution in [1.82, 2.24) is 34.3 Å². The predicted octanol–water partition coefficient (Wildman–Crippen LogP) is 3.22. The Morgan fingerprint density at radius 3 is 2.81 bits per heavy atom. The van der Waals surface area contributed by atoms with Crippen molar-refractivity contribution in [2.45, 2.75) is 12.8 Å². The van der Waals surface area contributed by atoms with Crippen LogP contribution < -0.4 is 0 Å². The average Bonchev–Trinajstić information content (AvgIpc) is 3.32. The quantitative estimate of drug-likeness (QED) is 0.497. The van der Waals surface area contributed by atoms with Crippen molar-refractivity contribution in [3.8, 4) is 11.4 Å². The lowest BCUT2D eigenvalue weighted by Crippen LogP contribution is -2.06. The fourth-order valence-electron chi connectivity index (χ4n) is 3.33. The molecule has 0 bridgehead atoms. The summed E-state index contributed by atoms with van der Waals surface area (Å²) in [6.45, 7) is 2.12. The summed E-state index contributed by atoms with van der Waals surface area (Å²) in [5.74, 6) is 0.844. The van der Waals surface area contributed by atoms with Crippen LogP contribution in [-0.2, 0) is 7.05 Å². The van der Waals surface area contributed by atoms with E-state index in [0.717, 1.165) is 39.3 Å². The molecule has 0 fully saturated rings. The fourth-order valence-corrected chi connectivity index (χ4v) is 3.33. The minimum Gasteiger partial charge on any atom is -0.332 e. The van der Waals surface area contributed by atoms with Gasteiger partial charge in [-0.15, -0.1) is 10.2 Å². The van der Waals surface area contributed by atoms with Gasteiger partial charge >= 0.3 is 0 Å². The summed E-state index contributed by atoms with van der Waals surface area (Å²) in [6.07, 6.45) is 5.37. The maximum atomic E-state index is 4.77. The number of benzene rings is 1. The third-order valence-electron chi connectivity index (χ3n) is 4.88. The molecule has 0 aliphatic carbocycles. The SMILES string of the molecule is CC(c1ccc2ncccc2c1)c1nnc2ccc(-c3cncn3C)nn12. The molecule has 0 saturated carbocycles. The number of nitrogens with zero attached hydrogens (tertiary/aromatic N) is 7. The van der Waals surface area contributed by atoms with Gasteiger partial charge in [-0.2, -0.15) is 9.61 Å². The Balaban J connectivity index is 1.61. The summed E-state index contributed by atoms with van der Waals surface area (Å²) in [5.41, 5.74) is 4.64. The highest BCUT2D eigenvalue weighted by Gasteiger charge is 2.18. The highest BCUT2D eigenvalue weighted by Crippen LogP contribution is 2.26. The molecule has 1 unspecified atom stereocenters. The lowest BCUT2D eigenvalue weighted by molar-refractivity contribution is 0.751. The lowest BCUT2D eigenvalue weighted by Gasteiger charge is -2.11. The molecule has 0 aliphatic rings. The van der Waals surface area contributed by atoms with E-state index in [9.17, 15) is 0 Å². The third-order valence-corrected chi connectivity index (χ3v) is 4.88. The number of aromatic nitrogens is 7. The minimum absolute atomic E-state index is 0.0406. The molecule has 0 saturated heterocycles. The Morgan fingerprint density at radius 2 is 1.96 bits per heavy atom. The number of hydrogen-bond donors (Lipinski definition) is 0. The Labute approximate surface area is 155 Å². The van der Waals surface area contributed by atoms with Gasteiger partial charge in [0.2, 0.25) is 0 Å². The summed E-state index contributed by atoms with van der Waals surface area (Å²) in [5, 5.41) is 14.6. The topological polar surface area (TPSA) is 73.8 Å². The van der Waals surface area contributed by atoms with Crippen molar-refractivity contribution < 1.29 is 0 Å². The van der Waals surface area contributed by atoms with Crippen LogP contribution >= 0.6 is 0 Å². The van der Waals surface area contributed by atoms with Crippen molar-refractivity contribution in [2.75, 3.05) is 0 Å². The molecule has 0 aliphatic heterocycles. The minimum atomic E-state index is 0.0406. The Hall–Kier alpha value is -3.61. The van der Waals surface area contributed by atoms with Gasteiger partial charge in [-0.05, 0) is 35.9 Å². The van der Waals surface area contributed by atoms with E-state index in [4.69, 9.17) is 5.10 Å². The van der Waals surface area contributed by atoms with Gasteiger partial charge in [0.25, 0.3) is 0 Å². The zero-order chi connectivity index (χ0) is 18.4. The van der Waals surface area contributed by atoms with E-state index in [1.807, 2.05) is 40.4 Å². The third kappa shape index (κ3) is 2.55. The Morgan fingerprint density at radius 1 is 1.04 bits per heavy atom. The summed E-state index contributed by atoms with van der Waals surface area (Å²) in [4.78, 5) is 8.57. The van der Waals surface area contributed by atoms with Gasteiger partial charge in [0.05, 0.1) is 23.7 Å². The van der Waals surface area contributed by atoms with E-state index in [-0.39, 0.29) is 5.92 Å². The van der Waals surface area contributed by atoms with Crippen LogP contribution in [0.15, 0.2) is 61.2 Å². The molecule has 27 heavy (non-hydrogen) atoms. The predicted molar refractivity (Wildman–Crippen MR) is 102 cm³/mol. The van der Waals surface area contributed by atoms with E-state index >= 15 is 0 Å². The van der Waals surface area contributed by atoms with Gasteiger partial charge in [-0.1, -0.05) is 19.1 Å². The summed E-state index contributed by atoms with van der Waals surface area (Å²) in [7, 11) is 1.95. The van der Waals surface area contributed by atoms with E-state index in [0.29, 0.717) is 0 Å². The number of fused-ring (bicyclic) bond motifs is 2. The zero-order valence-corrected chi connectivity index (χ0v) is 15.0. The van der Waals surface area contributed by atoms with Crippen LogP contribution in [0.3, 0.4) is 0 Å². The van der Waals surface area contributed by atoms with Crippen LogP contribution in [0, 0.1) is 0 Å². The van der Waals surface area contributed by atoms with Gasteiger partial charge < -0.3 is 4.57 Å². The molecule has 0 amide bonds. The van der Waals surface area contributed by atoms with E-state index < -0.39 is 0 Å². The molecule has 0 radical (unpaired) electrons. The molecule has 5 rings (SSSR count). The van der Waals surface area contributed by atoms with Gasteiger partial charge in [-0.3, -0.25) is 4.98 Å². The second kappa shape index (κ2) is 5.98. The van der Waals surface area contributed by atoms with Crippen molar-refractivity contribution >= 4 is 16.6 Å². The van der Waals surface area contributed by atoms with E-state index in [1.54, 1.807) is 18.7 Å². The van der Waals surface area contributed by atoms with Crippen molar-refractivity contribution in [2.24, 2.45) is 7.05 Å². The van der Waals surface area contributed by atoms with Crippen LogP contribution in [0.5, 0.6) is 0 Å². The Bertz CT molecular complexity index is 1270. The van der Waals surface area contributed by atoms with Crippen LogP contribution in [0.1, 0.15) is 24.2 Å². The molecular weight excluding hydrogens is 338 g/mol. The molecule has 4 aromatic heterocycles. The maximum Gasteiger partial charge on any atom is 0.177 e. The van der Waals surface area contributed by atoms with Crippen LogP contribution in [0.2, 0.25) is 0 Å². The molecule has 132 valence electrons. The average molecular weight is 355 g/mol. The van der Waals surface area contributed by atoms with Crippen LogP contribution in [-0.4, -0.2) is 34.3 Å². The first-order valence-electron chi connectivity index (χ1n) is 8.74. The first-order valence-corrected chi connectivity index (χ1v) is 8.74. The number of hydrogen-bond acceptors (Lipinski definition) is 5. The number of imidazole rings is 1. The molecule has 5 aromatic rings. The second-order valence-electron chi connectivity index (χ2n) is 6.61. The molecule has 0 spiro atoms. The van der Waals surface area contributed by atoms with Crippen LogP contribution in [0.25, 0.3) is 27.9 Å². The first kappa shape index (κ1) is 15.6. The van der Waals surface area contributed by atoms with Crippen molar-refractivity contribution in [1.29, 1.82) is 0 Å². The lowest BCUT2D eigenvalue weighted by atomic mass is 9.98. The van der Waals surface area contributed by atoms with Gasteiger partial charge in [0.15, 0.2) is 11.5 Å². The second-order valence-corrected chi connectivity index (χ2v) is 6.61. The largest absolute Gasteiger partial charge is 0.332 e. The van der Waals surface area contributed by atoms with E-state index in [1.165, 1.54) is 0 Å². The number of aryl methyl sites for hydroxylation is 1. The molecule has 4 heterocycles. The number of rotatable bonds is 3. The van der Waals surface area contributed by atoms with Crippen molar-refractivity contribution in [3.63, 3.8) is 0 Å². The smallest absolute Gasteiger partial charge is 0.177 e. The highest BCUT2D eigenvalue weighted by atomic mass is 15.4. The van der Waals surface area contributed by atoms with E-state index in [2.05, 4.69) is 45.3 Å². The molecule has 7 nitrogen and oxygen atoms in total. The monoisotopic (exact) mass is 355 g/mol. The normalized spacial score (nSPS) is 12.7. The molecule has 7 heteroatoms. The zero-order valence-electron chi connectivity index (χ0n) is 15.0. The molecule has 1 atom stereocenters. The molecular formula is C20H17N7. The molecule has 0 N–H and O–H groups in total.